The molecule has 288 valence electrons. The van der Waals surface area contributed by atoms with Gasteiger partial charge in [-0.1, -0.05) is 226 Å². The van der Waals surface area contributed by atoms with Gasteiger partial charge < -0.3 is 20.6 Å². The minimum absolute atomic E-state index is 0.140. The van der Waals surface area contributed by atoms with Crippen molar-refractivity contribution in [3.8, 4) is 0 Å². The molecule has 0 aromatic heterocycles. The van der Waals surface area contributed by atoms with Crippen LogP contribution < -0.4 is 5.32 Å². The molecular weight excluding hydrogens is 594 g/mol. The van der Waals surface area contributed by atoms with Crippen molar-refractivity contribution in [3.05, 3.63) is 0 Å². The van der Waals surface area contributed by atoms with Crippen molar-refractivity contribution in [1.29, 1.82) is 0 Å². The molecule has 0 aliphatic carbocycles. The van der Waals surface area contributed by atoms with Crippen LogP contribution in [0.4, 0.5) is 0 Å². The fourth-order valence-electron chi connectivity index (χ4n) is 7.05. The first-order chi connectivity index (χ1) is 23.6. The summed E-state index contributed by atoms with van der Waals surface area (Å²) in [5.41, 5.74) is 0. The van der Waals surface area contributed by atoms with E-state index in [4.69, 9.17) is 0 Å². The number of hydrogen-bond donors (Lipinski definition) is 4. The number of nitrogens with one attached hydrogen (secondary N) is 1. The molecule has 0 bridgehead atoms. The Hall–Kier alpha value is -0.650. The van der Waals surface area contributed by atoms with Crippen LogP contribution in [-0.2, 0) is 4.79 Å². The molecule has 0 aromatic rings. The molecule has 0 heterocycles. The van der Waals surface area contributed by atoms with Gasteiger partial charge in [-0.15, -0.1) is 0 Å². The van der Waals surface area contributed by atoms with Crippen LogP contribution in [0.1, 0.15) is 245 Å². The van der Waals surface area contributed by atoms with E-state index in [1.54, 1.807) is 0 Å². The maximum atomic E-state index is 12.4. The second-order valence-corrected chi connectivity index (χ2v) is 15.3. The molecule has 0 saturated carbocycles. The highest BCUT2D eigenvalue weighted by Gasteiger charge is 2.26. The molecule has 0 fully saturated rings. The molecule has 0 aromatic carbocycles. The first-order valence-corrected chi connectivity index (χ1v) is 21.8. The smallest absolute Gasteiger partial charge is 0.220 e. The van der Waals surface area contributed by atoms with E-state index < -0.39 is 18.2 Å². The monoisotopic (exact) mass is 682 g/mol. The lowest BCUT2D eigenvalue weighted by atomic mass is 9.99. The Bertz CT molecular complexity index is 630. The zero-order valence-electron chi connectivity index (χ0n) is 32.6. The number of aliphatic hydroxyl groups is 3. The molecule has 5 heteroatoms. The standard InChI is InChI=1S/C43H87NO4/c1-3-5-7-9-11-13-15-17-19-21-22-24-26-28-30-32-34-36-38-42(47)44-40(39-45)43(48)41(46)37-35-33-31-29-27-25-23-20-18-16-14-12-10-8-6-4-2/h40-41,43,45-46,48H,3-39H2,1-2H3,(H,44,47). The largest absolute Gasteiger partial charge is 0.394 e. The van der Waals surface area contributed by atoms with Crippen molar-refractivity contribution in [2.45, 2.75) is 263 Å². The first kappa shape index (κ1) is 47.4. The summed E-state index contributed by atoms with van der Waals surface area (Å²) in [6, 6.07) is -0.802. The van der Waals surface area contributed by atoms with Crippen LogP contribution in [0.5, 0.6) is 0 Å². The Morgan fingerprint density at radius 1 is 0.438 bits per heavy atom. The summed E-state index contributed by atoms with van der Waals surface area (Å²) in [4.78, 5) is 12.4. The molecule has 3 atom stereocenters. The van der Waals surface area contributed by atoms with E-state index in [9.17, 15) is 20.1 Å². The Kier molecular flexibility index (Phi) is 38.6. The zero-order chi connectivity index (χ0) is 35.2. The molecule has 0 spiro atoms. The van der Waals surface area contributed by atoms with E-state index in [1.165, 1.54) is 186 Å². The summed E-state index contributed by atoms with van der Waals surface area (Å²) >= 11 is 0. The van der Waals surface area contributed by atoms with Crippen LogP contribution in [0.3, 0.4) is 0 Å². The van der Waals surface area contributed by atoms with Crippen LogP contribution in [0, 0.1) is 0 Å². The fraction of sp³-hybridized carbons (Fsp3) is 0.977. The van der Waals surface area contributed by atoms with Crippen molar-refractivity contribution in [3.63, 3.8) is 0 Å². The second kappa shape index (κ2) is 39.1. The van der Waals surface area contributed by atoms with Crippen LogP contribution in [0.2, 0.25) is 0 Å². The minimum atomic E-state index is -1.13. The van der Waals surface area contributed by atoms with Gasteiger partial charge in [-0.2, -0.15) is 0 Å². The average Bonchev–Trinajstić information content (AvgIpc) is 3.09. The highest BCUT2D eigenvalue weighted by molar-refractivity contribution is 5.76. The Morgan fingerprint density at radius 2 is 0.708 bits per heavy atom. The predicted octanol–water partition coefficient (Wildman–Crippen LogP) is 12.3. The first-order valence-electron chi connectivity index (χ1n) is 21.8. The van der Waals surface area contributed by atoms with Gasteiger partial charge in [0.15, 0.2) is 0 Å². The van der Waals surface area contributed by atoms with Gasteiger partial charge in [-0.05, 0) is 12.8 Å². The summed E-state index contributed by atoms with van der Waals surface area (Å²) in [6.45, 7) is 4.20. The lowest BCUT2D eigenvalue weighted by Crippen LogP contribution is -2.50. The predicted molar refractivity (Wildman–Crippen MR) is 209 cm³/mol. The van der Waals surface area contributed by atoms with Crippen LogP contribution in [0.15, 0.2) is 0 Å². The van der Waals surface area contributed by atoms with Gasteiger partial charge >= 0.3 is 0 Å². The Balaban J connectivity index is 3.59. The van der Waals surface area contributed by atoms with E-state index >= 15 is 0 Å². The highest BCUT2D eigenvalue weighted by Crippen LogP contribution is 2.17. The number of hydrogen-bond acceptors (Lipinski definition) is 4. The topological polar surface area (TPSA) is 89.8 Å². The van der Waals surface area contributed by atoms with Crippen molar-refractivity contribution in [2.24, 2.45) is 0 Å². The maximum Gasteiger partial charge on any atom is 0.220 e. The van der Waals surface area contributed by atoms with Gasteiger partial charge in [0, 0.05) is 6.42 Å². The minimum Gasteiger partial charge on any atom is -0.394 e. The third kappa shape index (κ3) is 33.8. The van der Waals surface area contributed by atoms with Crippen molar-refractivity contribution in [1.82, 2.24) is 5.32 Å². The number of amides is 1. The third-order valence-corrected chi connectivity index (χ3v) is 10.5. The fourth-order valence-corrected chi connectivity index (χ4v) is 7.05. The SMILES string of the molecule is CCCCCCCCCCCCCCCCCCCCC(=O)NC(CO)C(O)C(O)CCCCCCCCCCCCCCCCCC. The number of unbranched alkanes of at least 4 members (excludes halogenated alkanes) is 32. The molecule has 0 rings (SSSR count). The van der Waals surface area contributed by atoms with E-state index in [0.29, 0.717) is 12.8 Å². The summed E-state index contributed by atoms with van der Waals surface area (Å²) in [7, 11) is 0. The van der Waals surface area contributed by atoms with E-state index in [0.717, 1.165) is 32.1 Å². The van der Waals surface area contributed by atoms with Gasteiger partial charge in [0.25, 0.3) is 0 Å². The molecule has 3 unspecified atom stereocenters. The summed E-state index contributed by atoms with van der Waals surface area (Å²) in [5, 5.41) is 33.5. The number of carbonyl (C=O) groups is 1. The molecule has 0 aliphatic heterocycles. The van der Waals surface area contributed by atoms with Gasteiger partial charge in [0.2, 0.25) is 5.91 Å². The van der Waals surface area contributed by atoms with Crippen LogP contribution in [0.25, 0.3) is 0 Å². The normalized spacial score (nSPS) is 13.5. The molecule has 0 saturated heterocycles. The van der Waals surface area contributed by atoms with Crippen molar-refractivity contribution >= 4 is 5.91 Å². The second-order valence-electron chi connectivity index (χ2n) is 15.3. The van der Waals surface area contributed by atoms with Crippen molar-refractivity contribution < 1.29 is 20.1 Å². The van der Waals surface area contributed by atoms with Gasteiger partial charge in [0.1, 0.15) is 6.10 Å². The van der Waals surface area contributed by atoms with Gasteiger partial charge in [-0.25, -0.2) is 0 Å². The quantitative estimate of drug-likeness (QED) is 0.0485. The van der Waals surface area contributed by atoms with Crippen LogP contribution >= 0.6 is 0 Å². The van der Waals surface area contributed by atoms with Crippen LogP contribution in [-0.4, -0.2) is 46.1 Å². The summed E-state index contributed by atoms with van der Waals surface area (Å²) < 4.78 is 0. The lowest BCUT2D eigenvalue weighted by Gasteiger charge is -2.26. The van der Waals surface area contributed by atoms with E-state index in [-0.39, 0.29) is 12.5 Å². The number of rotatable bonds is 40. The Morgan fingerprint density at radius 3 is 1.00 bits per heavy atom. The molecule has 48 heavy (non-hydrogen) atoms. The molecule has 4 N–H and O–H groups in total. The maximum absolute atomic E-state index is 12.4. The summed E-state index contributed by atoms with van der Waals surface area (Å²) in [5.74, 6) is -0.140. The molecule has 5 nitrogen and oxygen atoms in total. The average molecular weight is 682 g/mol. The molecule has 0 aliphatic rings. The van der Waals surface area contributed by atoms with E-state index in [2.05, 4.69) is 19.2 Å². The third-order valence-electron chi connectivity index (χ3n) is 10.5. The highest BCUT2D eigenvalue weighted by atomic mass is 16.3. The summed E-state index contributed by atoms with van der Waals surface area (Å²) in [6.07, 6.45) is 43.5. The molecule has 0 radical (unpaired) electrons. The zero-order valence-corrected chi connectivity index (χ0v) is 32.6. The Labute approximate surface area is 300 Å². The number of carbonyl (C=O) groups excluding carboxylic acids is 1. The van der Waals surface area contributed by atoms with E-state index in [1.807, 2.05) is 0 Å². The van der Waals surface area contributed by atoms with Crippen molar-refractivity contribution in [2.75, 3.05) is 6.61 Å². The van der Waals surface area contributed by atoms with Gasteiger partial charge in [0.05, 0.1) is 18.8 Å². The number of aliphatic hydroxyl groups excluding tert-OH is 3. The lowest BCUT2D eigenvalue weighted by molar-refractivity contribution is -0.124. The van der Waals surface area contributed by atoms with Gasteiger partial charge in [-0.3, -0.25) is 4.79 Å². The molecular formula is C43H87NO4. The molecule has 1 amide bonds.